The van der Waals surface area contributed by atoms with Gasteiger partial charge in [-0.1, -0.05) is 24.3 Å². The van der Waals surface area contributed by atoms with E-state index in [2.05, 4.69) is 5.10 Å². The number of nitrogens with two attached hydrogens (primary N) is 1. The SMILES string of the molecule is Cc1ccc(F)cc1C(N)c1ccn(-c2ccccc2)n1. The largest absolute Gasteiger partial charge is 0.319 e. The summed E-state index contributed by atoms with van der Waals surface area (Å²) < 4.78 is 15.2. The predicted octanol–water partition coefficient (Wildman–Crippen LogP) is 3.37. The first kappa shape index (κ1) is 13.5. The number of halogens is 1. The zero-order valence-corrected chi connectivity index (χ0v) is 11.7. The molecule has 0 amide bonds. The maximum absolute atomic E-state index is 13.4. The van der Waals surface area contributed by atoms with Crippen LogP contribution in [0.3, 0.4) is 0 Å². The van der Waals surface area contributed by atoms with Crippen LogP contribution in [0, 0.1) is 12.7 Å². The summed E-state index contributed by atoms with van der Waals surface area (Å²) in [6, 6.07) is 15.9. The van der Waals surface area contributed by atoms with Crippen molar-refractivity contribution in [3.05, 3.63) is 83.4 Å². The van der Waals surface area contributed by atoms with E-state index in [4.69, 9.17) is 5.73 Å². The van der Waals surface area contributed by atoms with Crippen LogP contribution in [0.5, 0.6) is 0 Å². The second-order valence-corrected chi connectivity index (χ2v) is 5.00. The summed E-state index contributed by atoms with van der Waals surface area (Å²) >= 11 is 0. The van der Waals surface area contributed by atoms with Crippen LogP contribution in [0.2, 0.25) is 0 Å². The molecule has 106 valence electrons. The summed E-state index contributed by atoms with van der Waals surface area (Å²) in [6.45, 7) is 1.92. The fourth-order valence-corrected chi connectivity index (χ4v) is 2.33. The van der Waals surface area contributed by atoms with Crippen molar-refractivity contribution >= 4 is 0 Å². The molecular formula is C17H16FN3. The molecule has 3 rings (SSSR count). The van der Waals surface area contributed by atoms with E-state index in [-0.39, 0.29) is 5.82 Å². The van der Waals surface area contributed by atoms with E-state index in [1.165, 1.54) is 12.1 Å². The molecule has 4 heteroatoms. The molecule has 0 aliphatic heterocycles. The fourth-order valence-electron chi connectivity index (χ4n) is 2.33. The number of hydrogen-bond donors (Lipinski definition) is 1. The van der Waals surface area contributed by atoms with Crippen molar-refractivity contribution in [2.24, 2.45) is 5.73 Å². The minimum Gasteiger partial charge on any atom is -0.319 e. The van der Waals surface area contributed by atoms with Gasteiger partial charge in [0, 0.05) is 6.20 Å². The van der Waals surface area contributed by atoms with Gasteiger partial charge >= 0.3 is 0 Å². The highest BCUT2D eigenvalue weighted by Gasteiger charge is 2.15. The lowest BCUT2D eigenvalue weighted by Gasteiger charge is -2.12. The van der Waals surface area contributed by atoms with Crippen molar-refractivity contribution in [1.82, 2.24) is 9.78 Å². The van der Waals surface area contributed by atoms with Crippen LogP contribution < -0.4 is 5.73 Å². The minimum atomic E-state index is -0.439. The molecule has 0 saturated heterocycles. The van der Waals surface area contributed by atoms with E-state index in [0.717, 1.165) is 16.8 Å². The Morgan fingerprint density at radius 2 is 1.86 bits per heavy atom. The third-order valence-corrected chi connectivity index (χ3v) is 3.53. The monoisotopic (exact) mass is 281 g/mol. The first-order valence-corrected chi connectivity index (χ1v) is 6.78. The normalized spacial score (nSPS) is 12.3. The van der Waals surface area contributed by atoms with E-state index < -0.39 is 6.04 Å². The summed E-state index contributed by atoms with van der Waals surface area (Å²) in [4.78, 5) is 0. The third kappa shape index (κ3) is 2.71. The Bertz CT molecular complexity index is 750. The molecule has 1 heterocycles. The molecular weight excluding hydrogens is 265 g/mol. The molecule has 1 aromatic heterocycles. The van der Waals surface area contributed by atoms with Gasteiger partial charge in [0.15, 0.2) is 0 Å². The van der Waals surface area contributed by atoms with E-state index in [9.17, 15) is 4.39 Å². The topological polar surface area (TPSA) is 43.8 Å². The lowest BCUT2D eigenvalue weighted by atomic mass is 9.99. The number of aryl methyl sites for hydroxylation is 1. The molecule has 0 aliphatic carbocycles. The van der Waals surface area contributed by atoms with Gasteiger partial charge in [0.05, 0.1) is 17.4 Å². The number of aromatic nitrogens is 2. The van der Waals surface area contributed by atoms with Crippen LogP contribution in [-0.4, -0.2) is 9.78 Å². The van der Waals surface area contributed by atoms with Crippen molar-refractivity contribution in [1.29, 1.82) is 0 Å². The van der Waals surface area contributed by atoms with Crippen LogP contribution >= 0.6 is 0 Å². The maximum Gasteiger partial charge on any atom is 0.123 e. The lowest BCUT2D eigenvalue weighted by molar-refractivity contribution is 0.622. The van der Waals surface area contributed by atoms with Gasteiger partial charge in [-0.25, -0.2) is 9.07 Å². The third-order valence-electron chi connectivity index (χ3n) is 3.53. The Morgan fingerprint density at radius 3 is 2.62 bits per heavy atom. The first-order chi connectivity index (χ1) is 10.1. The van der Waals surface area contributed by atoms with Gasteiger partial charge < -0.3 is 5.73 Å². The quantitative estimate of drug-likeness (QED) is 0.800. The molecule has 1 unspecified atom stereocenters. The zero-order chi connectivity index (χ0) is 14.8. The Labute approximate surface area is 122 Å². The number of benzene rings is 2. The summed E-state index contributed by atoms with van der Waals surface area (Å²) in [6.07, 6.45) is 1.86. The van der Waals surface area contributed by atoms with E-state index in [1.54, 1.807) is 10.7 Å². The van der Waals surface area contributed by atoms with Crippen LogP contribution in [0.1, 0.15) is 22.9 Å². The zero-order valence-electron chi connectivity index (χ0n) is 11.7. The highest BCUT2D eigenvalue weighted by Crippen LogP contribution is 2.23. The molecule has 21 heavy (non-hydrogen) atoms. The van der Waals surface area contributed by atoms with Crippen molar-refractivity contribution in [2.45, 2.75) is 13.0 Å². The second kappa shape index (κ2) is 5.50. The van der Waals surface area contributed by atoms with E-state index in [0.29, 0.717) is 5.69 Å². The molecule has 1 atom stereocenters. The van der Waals surface area contributed by atoms with Gasteiger partial charge in [0.25, 0.3) is 0 Å². The van der Waals surface area contributed by atoms with Gasteiger partial charge in [-0.15, -0.1) is 0 Å². The molecule has 0 aliphatic rings. The molecule has 0 bridgehead atoms. The number of hydrogen-bond acceptors (Lipinski definition) is 2. The summed E-state index contributed by atoms with van der Waals surface area (Å²) in [7, 11) is 0. The Hall–Kier alpha value is -2.46. The van der Waals surface area contributed by atoms with Crippen molar-refractivity contribution in [3.8, 4) is 5.69 Å². The lowest BCUT2D eigenvalue weighted by Crippen LogP contribution is -2.14. The number of nitrogens with zero attached hydrogens (tertiary/aromatic N) is 2. The molecule has 3 aromatic rings. The van der Waals surface area contributed by atoms with Crippen molar-refractivity contribution in [2.75, 3.05) is 0 Å². The fraction of sp³-hybridized carbons (Fsp3) is 0.118. The van der Waals surface area contributed by atoms with Gasteiger partial charge in [0.1, 0.15) is 5.82 Å². The van der Waals surface area contributed by atoms with Crippen LogP contribution in [0.15, 0.2) is 60.8 Å². The summed E-state index contributed by atoms with van der Waals surface area (Å²) in [5, 5.41) is 4.50. The van der Waals surface area contributed by atoms with Crippen LogP contribution in [-0.2, 0) is 0 Å². The predicted molar refractivity (Wildman–Crippen MR) is 80.7 cm³/mol. The molecule has 0 radical (unpaired) electrons. The Kier molecular flexibility index (Phi) is 3.54. The van der Waals surface area contributed by atoms with E-state index in [1.807, 2.05) is 49.5 Å². The summed E-state index contributed by atoms with van der Waals surface area (Å²) in [5.74, 6) is -0.284. The van der Waals surface area contributed by atoms with Crippen molar-refractivity contribution < 1.29 is 4.39 Å². The molecule has 2 N–H and O–H groups in total. The maximum atomic E-state index is 13.4. The number of para-hydroxylation sites is 1. The molecule has 0 saturated carbocycles. The molecule has 2 aromatic carbocycles. The number of rotatable bonds is 3. The smallest absolute Gasteiger partial charge is 0.123 e. The van der Waals surface area contributed by atoms with Crippen LogP contribution in [0.25, 0.3) is 5.69 Å². The Morgan fingerprint density at radius 1 is 1.10 bits per heavy atom. The Balaban J connectivity index is 1.94. The molecule has 0 spiro atoms. The highest BCUT2D eigenvalue weighted by atomic mass is 19.1. The summed E-state index contributed by atoms with van der Waals surface area (Å²) in [5.41, 5.74) is 9.63. The second-order valence-electron chi connectivity index (χ2n) is 5.00. The van der Waals surface area contributed by atoms with Crippen LogP contribution in [0.4, 0.5) is 4.39 Å². The minimum absolute atomic E-state index is 0.284. The van der Waals surface area contributed by atoms with Gasteiger partial charge in [0.2, 0.25) is 0 Å². The molecule has 3 nitrogen and oxygen atoms in total. The highest BCUT2D eigenvalue weighted by molar-refractivity contribution is 5.36. The van der Waals surface area contributed by atoms with Gasteiger partial charge in [-0.05, 0) is 48.4 Å². The standard InChI is InChI=1S/C17H16FN3/c1-12-7-8-13(18)11-15(12)17(19)16-9-10-21(20-16)14-5-3-2-4-6-14/h2-11,17H,19H2,1H3. The molecule has 0 fully saturated rings. The average molecular weight is 281 g/mol. The first-order valence-electron chi connectivity index (χ1n) is 6.78. The van der Waals surface area contributed by atoms with Crippen molar-refractivity contribution in [3.63, 3.8) is 0 Å². The van der Waals surface area contributed by atoms with E-state index >= 15 is 0 Å². The van der Waals surface area contributed by atoms with Gasteiger partial charge in [-0.3, -0.25) is 0 Å². The van der Waals surface area contributed by atoms with Gasteiger partial charge in [-0.2, -0.15) is 5.10 Å². The average Bonchev–Trinajstić information content (AvgIpc) is 3.00.